The van der Waals surface area contributed by atoms with Gasteiger partial charge in [0, 0.05) is 6.42 Å². The van der Waals surface area contributed by atoms with Gasteiger partial charge in [-0.3, -0.25) is 4.79 Å². The second kappa shape index (κ2) is 8.95. The molecular weight excluding hydrogens is 206 g/mol. The molecule has 0 aliphatic heterocycles. The first kappa shape index (κ1) is 14.7. The van der Waals surface area contributed by atoms with E-state index in [-0.39, 0.29) is 5.91 Å². The van der Waals surface area contributed by atoms with Crippen LogP contribution in [0.3, 0.4) is 0 Å². The second-order valence-corrected chi connectivity index (χ2v) is 3.78. The molecule has 0 fully saturated rings. The molecule has 0 aromatic carbocycles. The third kappa shape index (κ3) is 7.04. The lowest BCUT2D eigenvalue weighted by molar-refractivity contribution is -0.142. The van der Waals surface area contributed by atoms with Crippen molar-refractivity contribution in [1.29, 1.82) is 0 Å². The van der Waals surface area contributed by atoms with Crippen LogP contribution in [0, 0.1) is 0 Å². The summed E-state index contributed by atoms with van der Waals surface area (Å²) in [5.41, 5.74) is 0. The van der Waals surface area contributed by atoms with Crippen LogP contribution in [-0.4, -0.2) is 23.0 Å². The average Bonchev–Trinajstić information content (AvgIpc) is 2.24. The van der Waals surface area contributed by atoms with Gasteiger partial charge in [-0.25, -0.2) is 4.79 Å². The summed E-state index contributed by atoms with van der Waals surface area (Å²) in [5, 5.41) is 11.4. The fourth-order valence-electron chi connectivity index (χ4n) is 1.34. The molecule has 0 saturated heterocycles. The Morgan fingerprint density at radius 2 is 2.12 bits per heavy atom. The van der Waals surface area contributed by atoms with E-state index in [9.17, 15) is 9.59 Å². The fourth-order valence-corrected chi connectivity index (χ4v) is 1.34. The van der Waals surface area contributed by atoms with Crippen LogP contribution in [0.4, 0.5) is 0 Å². The molecule has 16 heavy (non-hydrogen) atoms. The molecule has 0 rings (SSSR count). The number of hydrogen-bond acceptors (Lipinski definition) is 2. The molecule has 0 aliphatic carbocycles. The molecule has 2 N–H and O–H groups in total. The highest BCUT2D eigenvalue weighted by atomic mass is 16.4. The third-order valence-electron chi connectivity index (χ3n) is 2.29. The molecular formula is C12H21NO3. The normalized spacial score (nSPS) is 11.8. The Labute approximate surface area is 96.7 Å². The van der Waals surface area contributed by atoms with Crippen LogP contribution < -0.4 is 5.32 Å². The number of carbonyl (C=O) groups is 2. The zero-order valence-corrected chi connectivity index (χ0v) is 9.87. The first-order valence-electron chi connectivity index (χ1n) is 5.74. The summed E-state index contributed by atoms with van der Waals surface area (Å²) in [6, 6.07) is -0.740. The van der Waals surface area contributed by atoms with Crippen molar-refractivity contribution >= 4 is 11.9 Å². The minimum absolute atomic E-state index is 0.189. The lowest BCUT2D eigenvalue weighted by atomic mass is 10.1. The van der Waals surface area contributed by atoms with Crippen molar-refractivity contribution < 1.29 is 14.7 Å². The maximum atomic E-state index is 11.4. The van der Waals surface area contributed by atoms with Gasteiger partial charge in [-0.1, -0.05) is 25.8 Å². The molecule has 4 heteroatoms. The molecule has 0 heterocycles. The highest BCUT2D eigenvalue weighted by molar-refractivity contribution is 5.83. The maximum Gasteiger partial charge on any atom is 0.326 e. The molecule has 0 aliphatic rings. The van der Waals surface area contributed by atoms with Crippen molar-refractivity contribution in [3.05, 3.63) is 12.7 Å². The quantitative estimate of drug-likeness (QED) is 0.468. The van der Waals surface area contributed by atoms with Gasteiger partial charge in [-0.15, -0.1) is 6.58 Å². The first-order chi connectivity index (χ1) is 7.61. The van der Waals surface area contributed by atoms with E-state index in [4.69, 9.17) is 5.11 Å². The Hall–Kier alpha value is -1.32. The summed E-state index contributed by atoms with van der Waals surface area (Å²) >= 11 is 0. The highest BCUT2D eigenvalue weighted by Crippen LogP contribution is 2.02. The van der Waals surface area contributed by atoms with Gasteiger partial charge >= 0.3 is 5.97 Å². The Morgan fingerprint density at radius 3 is 2.62 bits per heavy atom. The van der Waals surface area contributed by atoms with E-state index in [1.165, 1.54) is 0 Å². The second-order valence-electron chi connectivity index (χ2n) is 3.78. The van der Waals surface area contributed by atoms with E-state index < -0.39 is 12.0 Å². The summed E-state index contributed by atoms with van der Waals surface area (Å²) in [6.07, 6.45) is 5.84. The largest absolute Gasteiger partial charge is 0.480 e. The summed E-state index contributed by atoms with van der Waals surface area (Å²) in [7, 11) is 0. The van der Waals surface area contributed by atoms with Crippen LogP contribution in [0.25, 0.3) is 0 Å². The van der Waals surface area contributed by atoms with E-state index in [2.05, 4.69) is 11.9 Å². The highest BCUT2D eigenvalue weighted by Gasteiger charge is 2.18. The zero-order chi connectivity index (χ0) is 12.4. The van der Waals surface area contributed by atoms with Gasteiger partial charge in [0.15, 0.2) is 0 Å². The summed E-state index contributed by atoms with van der Waals surface area (Å²) < 4.78 is 0. The molecule has 0 spiro atoms. The number of nitrogens with one attached hydrogen (secondary N) is 1. The standard InChI is InChI=1S/C12H21NO3/c1-3-5-7-9-11(14)13-10(12(15)16)8-6-4-2/h3,10H,1,4-9H2,2H3,(H,13,14)(H,15,16). The van der Waals surface area contributed by atoms with Gasteiger partial charge in [0.25, 0.3) is 0 Å². The van der Waals surface area contributed by atoms with Crippen molar-refractivity contribution in [3.8, 4) is 0 Å². The number of carbonyl (C=O) groups excluding carboxylic acids is 1. The van der Waals surface area contributed by atoms with Crippen LogP contribution in [0.15, 0.2) is 12.7 Å². The summed E-state index contributed by atoms with van der Waals surface area (Å²) in [6.45, 7) is 5.55. The van der Waals surface area contributed by atoms with E-state index in [0.29, 0.717) is 12.8 Å². The van der Waals surface area contributed by atoms with Crippen molar-refractivity contribution in [2.24, 2.45) is 0 Å². The van der Waals surface area contributed by atoms with Crippen molar-refractivity contribution in [2.45, 2.75) is 51.5 Å². The molecule has 0 aromatic heterocycles. The Kier molecular flexibility index (Phi) is 8.21. The minimum atomic E-state index is -0.953. The molecule has 1 atom stereocenters. The van der Waals surface area contributed by atoms with Crippen LogP contribution in [0.5, 0.6) is 0 Å². The van der Waals surface area contributed by atoms with Gasteiger partial charge in [-0.2, -0.15) is 0 Å². The van der Waals surface area contributed by atoms with Crippen LogP contribution in [-0.2, 0) is 9.59 Å². The lowest BCUT2D eigenvalue weighted by Gasteiger charge is -2.13. The van der Waals surface area contributed by atoms with Crippen LogP contribution in [0.1, 0.15) is 45.4 Å². The van der Waals surface area contributed by atoms with E-state index in [1.807, 2.05) is 6.92 Å². The number of amides is 1. The molecule has 4 nitrogen and oxygen atoms in total. The van der Waals surface area contributed by atoms with E-state index in [1.54, 1.807) is 6.08 Å². The Balaban J connectivity index is 3.92. The zero-order valence-electron chi connectivity index (χ0n) is 9.87. The number of carboxylic acids is 1. The van der Waals surface area contributed by atoms with E-state index in [0.717, 1.165) is 25.7 Å². The smallest absolute Gasteiger partial charge is 0.326 e. The predicted octanol–water partition coefficient (Wildman–Crippen LogP) is 2.10. The first-order valence-corrected chi connectivity index (χ1v) is 5.74. The molecule has 0 bridgehead atoms. The van der Waals surface area contributed by atoms with Gasteiger partial charge in [0.2, 0.25) is 5.91 Å². The maximum absolute atomic E-state index is 11.4. The molecule has 0 aromatic rings. The van der Waals surface area contributed by atoms with Gasteiger partial charge in [-0.05, 0) is 19.3 Å². The van der Waals surface area contributed by atoms with Gasteiger partial charge in [0.05, 0.1) is 0 Å². The van der Waals surface area contributed by atoms with Gasteiger partial charge < -0.3 is 10.4 Å². The predicted molar refractivity (Wildman–Crippen MR) is 63.1 cm³/mol. The topological polar surface area (TPSA) is 66.4 Å². The van der Waals surface area contributed by atoms with Crippen molar-refractivity contribution in [2.75, 3.05) is 0 Å². The average molecular weight is 227 g/mol. The lowest BCUT2D eigenvalue weighted by Crippen LogP contribution is -2.40. The molecule has 0 radical (unpaired) electrons. The summed E-state index contributed by atoms with van der Waals surface area (Å²) in [5.74, 6) is -1.14. The minimum Gasteiger partial charge on any atom is -0.480 e. The number of aliphatic carboxylic acids is 1. The molecule has 92 valence electrons. The Morgan fingerprint density at radius 1 is 1.44 bits per heavy atom. The molecule has 1 amide bonds. The molecule has 1 unspecified atom stereocenters. The van der Waals surface area contributed by atoms with Crippen molar-refractivity contribution in [1.82, 2.24) is 5.32 Å². The number of unbranched alkanes of at least 4 members (excludes halogenated alkanes) is 2. The fraction of sp³-hybridized carbons (Fsp3) is 0.667. The number of carboxylic acid groups (broad SMARTS) is 1. The van der Waals surface area contributed by atoms with Crippen LogP contribution >= 0.6 is 0 Å². The number of allylic oxidation sites excluding steroid dienone is 1. The van der Waals surface area contributed by atoms with Crippen molar-refractivity contribution in [3.63, 3.8) is 0 Å². The van der Waals surface area contributed by atoms with Crippen LogP contribution in [0.2, 0.25) is 0 Å². The summed E-state index contributed by atoms with van der Waals surface area (Å²) in [4.78, 5) is 22.2. The SMILES string of the molecule is C=CCCCC(=O)NC(CCCC)C(=O)O. The van der Waals surface area contributed by atoms with E-state index >= 15 is 0 Å². The monoisotopic (exact) mass is 227 g/mol. The number of hydrogen-bond donors (Lipinski definition) is 2. The molecule has 0 saturated carbocycles. The Bertz CT molecular complexity index is 238. The third-order valence-corrected chi connectivity index (χ3v) is 2.29. The number of rotatable bonds is 9. The van der Waals surface area contributed by atoms with Gasteiger partial charge in [0.1, 0.15) is 6.04 Å².